The number of amides is 1. The monoisotopic (exact) mass is 532 g/mol. The van der Waals surface area contributed by atoms with E-state index in [0.29, 0.717) is 48.0 Å². The van der Waals surface area contributed by atoms with Gasteiger partial charge in [0, 0.05) is 5.92 Å². The van der Waals surface area contributed by atoms with Crippen molar-refractivity contribution in [1.29, 1.82) is 5.41 Å². The molecule has 198 valence electrons. The van der Waals surface area contributed by atoms with E-state index in [4.69, 9.17) is 19.6 Å². The molecule has 1 fully saturated rings. The highest BCUT2D eigenvalue weighted by molar-refractivity contribution is 8.27. The number of benzene rings is 2. The number of carbonyl (C=O) groups is 1. The van der Waals surface area contributed by atoms with Crippen molar-refractivity contribution in [2.45, 2.75) is 46.0 Å². The van der Waals surface area contributed by atoms with Crippen molar-refractivity contribution in [2.75, 3.05) is 19.8 Å². The minimum absolute atomic E-state index is 0.0462. The lowest BCUT2D eigenvalue weighted by Gasteiger charge is -2.20. The molecule has 3 aliphatic rings. The van der Waals surface area contributed by atoms with Crippen LogP contribution in [0, 0.1) is 18.3 Å². The van der Waals surface area contributed by atoms with Crippen molar-refractivity contribution in [2.24, 2.45) is 16.0 Å². The number of fused-ring (bicyclic) bond motifs is 1. The molecular weight excluding hydrogens is 500 g/mol. The first kappa shape index (κ1) is 26.0. The SMILES string of the molecule is CCOc1cc(/C=C2/C(=N)N3N=C(C4CCCCC4)SC3=NC2=O)ccc1OCCOc1cccc(C)c1. The van der Waals surface area contributed by atoms with Crippen molar-refractivity contribution in [1.82, 2.24) is 5.01 Å². The van der Waals surface area contributed by atoms with Gasteiger partial charge in [0.1, 0.15) is 24.0 Å². The molecule has 2 aromatic carbocycles. The second-order valence-corrected chi connectivity index (χ2v) is 10.4. The van der Waals surface area contributed by atoms with Crippen LogP contribution in [0.3, 0.4) is 0 Å². The first-order valence-electron chi connectivity index (χ1n) is 13.1. The van der Waals surface area contributed by atoms with E-state index in [0.717, 1.165) is 29.2 Å². The first-order valence-corrected chi connectivity index (χ1v) is 13.9. The van der Waals surface area contributed by atoms with E-state index in [9.17, 15) is 4.79 Å². The van der Waals surface area contributed by atoms with E-state index in [-0.39, 0.29) is 11.4 Å². The van der Waals surface area contributed by atoms with E-state index in [2.05, 4.69) is 10.1 Å². The summed E-state index contributed by atoms with van der Waals surface area (Å²) in [6.45, 7) is 5.13. The van der Waals surface area contributed by atoms with Crippen LogP contribution >= 0.6 is 11.8 Å². The number of aryl methyl sites for hydroxylation is 1. The molecule has 0 aromatic heterocycles. The van der Waals surface area contributed by atoms with Gasteiger partial charge in [-0.05, 0) is 79.9 Å². The lowest BCUT2D eigenvalue weighted by molar-refractivity contribution is -0.114. The Kier molecular flexibility index (Phi) is 8.12. The Morgan fingerprint density at radius 2 is 1.87 bits per heavy atom. The van der Waals surface area contributed by atoms with E-state index in [1.165, 1.54) is 36.0 Å². The van der Waals surface area contributed by atoms with Gasteiger partial charge in [-0.15, -0.1) is 0 Å². The van der Waals surface area contributed by atoms with Crippen molar-refractivity contribution >= 4 is 39.8 Å². The summed E-state index contributed by atoms with van der Waals surface area (Å²) in [4.78, 5) is 17.1. The predicted octanol–water partition coefficient (Wildman–Crippen LogP) is 6.05. The number of nitrogens with one attached hydrogen (secondary N) is 1. The number of aliphatic imine (C=N–C) groups is 1. The Morgan fingerprint density at radius 3 is 2.66 bits per heavy atom. The highest BCUT2D eigenvalue weighted by atomic mass is 32.2. The molecule has 38 heavy (non-hydrogen) atoms. The van der Waals surface area contributed by atoms with Gasteiger partial charge in [0.05, 0.1) is 12.2 Å². The van der Waals surface area contributed by atoms with Gasteiger partial charge in [-0.1, -0.05) is 37.5 Å². The van der Waals surface area contributed by atoms with Crippen molar-refractivity contribution in [3.8, 4) is 17.2 Å². The van der Waals surface area contributed by atoms with E-state index < -0.39 is 5.91 Å². The Labute approximate surface area is 227 Å². The van der Waals surface area contributed by atoms with Crippen LogP contribution in [0.4, 0.5) is 0 Å². The Balaban J connectivity index is 1.28. The Bertz CT molecular complexity index is 1310. The van der Waals surface area contributed by atoms with Crippen LogP contribution in [0.15, 0.2) is 58.1 Å². The summed E-state index contributed by atoms with van der Waals surface area (Å²) < 4.78 is 17.5. The number of thioether (sulfide) groups is 1. The number of hydrogen-bond acceptors (Lipinski definition) is 7. The van der Waals surface area contributed by atoms with Crippen molar-refractivity contribution < 1.29 is 19.0 Å². The number of nitrogens with zero attached hydrogens (tertiary/aromatic N) is 3. The van der Waals surface area contributed by atoms with E-state index in [1.54, 1.807) is 12.1 Å². The zero-order chi connectivity index (χ0) is 26.5. The van der Waals surface area contributed by atoms with Crippen molar-refractivity contribution in [3.05, 3.63) is 59.2 Å². The molecular formula is C29H32N4O4S. The van der Waals surface area contributed by atoms with Gasteiger partial charge < -0.3 is 14.2 Å². The molecule has 2 aliphatic heterocycles. The zero-order valence-corrected chi connectivity index (χ0v) is 22.6. The van der Waals surface area contributed by atoms with Gasteiger partial charge >= 0.3 is 0 Å². The fourth-order valence-corrected chi connectivity index (χ4v) is 5.77. The average Bonchev–Trinajstić information content (AvgIpc) is 3.35. The molecule has 2 heterocycles. The highest BCUT2D eigenvalue weighted by Gasteiger charge is 2.38. The number of hydrogen-bond donors (Lipinski definition) is 1. The predicted molar refractivity (Wildman–Crippen MR) is 151 cm³/mol. The third-order valence-electron chi connectivity index (χ3n) is 6.60. The van der Waals surface area contributed by atoms with Gasteiger partial charge in [0.25, 0.3) is 5.91 Å². The van der Waals surface area contributed by atoms with E-state index in [1.807, 2.05) is 50.2 Å². The second-order valence-electron chi connectivity index (χ2n) is 9.45. The summed E-state index contributed by atoms with van der Waals surface area (Å²) >= 11 is 1.43. The molecule has 0 radical (unpaired) electrons. The molecule has 0 spiro atoms. The standard InChI is InChI=1S/C29H32N4O4S/c1-3-35-25-18-20(12-13-24(25)37-15-14-36-22-11-7-8-19(2)16-22)17-23-26(30)33-29(31-27(23)34)38-28(32-33)21-9-5-4-6-10-21/h7-8,11-13,16-18,21,30H,3-6,9-10,14-15H2,1-2H3/b23-17-,30-26?. The molecule has 8 nitrogen and oxygen atoms in total. The molecule has 0 bridgehead atoms. The maximum atomic E-state index is 12.9. The highest BCUT2D eigenvalue weighted by Crippen LogP contribution is 2.36. The van der Waals surface area contributed by atoms with Crippen LogP contribution < -0.4 is 14.2 Å². The van der Waals surface area contributed by atoms with Crippen molar-refractivity contribution in [3.63, 3.8) is 0 Å². The minimum atomic E-state index is -0.430. The summed E-state index contributed by atoms with van der Waals surface area (Å²) in [6.07, 6.45) is 7.51. The topological polar surface area (TPSA) is 96.6 Å². The van der Waals surface area contributed by atoms with Crippen LogP contribution in [0.5, 0.6) is 17.2 Å². The third-order valence-corrected chi connectivity index (χ3v) is 7.67. The number of hydrazone groups is 1. The summed E-state index contributed by atoms with van der Waals surface area (Å²) in [6, 6.07) is 13.3. The Morgan fingerprint density at radius 1 is 1.05 bits per heavy atom. The minimum Gasteiger partial charge on any atom is -0.490 e. The van der Waals surface area contributed by atoms with Gasteiger partial charge in [-0.3, -0.25) is 10.2 Å². The molecule has 0 atom stereocenters. The summed E-state index contributed by atoms with van der Waals surface area (Å²) in [5, 5.41) is 16.3. The fourth-order valence-electron chi connectivity index (χ4n) is 4.71. The number of ether oxygens (including phenoxy) is 3. The van der Waals surface area contributed by atoms with Crippen LogP contribution in [0.25, 0.3) is 6.08 Å². The molecule has 0 unspecified atom stereocenters. The van der Waals surface area contributed by atoms with Crippen LogP contribution in [0.1, 0.15) is 50.2 Å². The van der Waals surface area contributed by atoms with Gasteiger partial charge in [0.15, 0.2) is 17.3 Å². The number of rotatable bonds is 9. The molecule has 5 rings (SSSR count). The average molecular weight is 533 g/mol. The molecule has 0 saturated heterocycles. The number of amidine groups is 2. The van der Waals surface area contributed by atoms with Crippen LogP contribution in [-0.2, 0) is 4.79 Å². The van der Waals surface area contributed by atoms with Crippen LogP contribution in [-0.4, -0.2) is 46.8 Å². The zero-order valence-electron chi connectivity index (χ0n) is 21.7. The molecule has 1 amide bonds. The first-order chi connectivity index (χ1) is 18.5. The quantitative estimate of drug-likeness (QED) is 0.312. The molecule has 1 aliphatic carbocycles. The Hall–Kier alpha value is -3.59. The molecule has 2 aromatic rings. The maximum Gasteiger partial charge on any atom is 0.283 e. The summed E-state index contributed by atoms with van der Waals surface area (Å²) in [5.41, 5.74) is 2.05. The molecule has 9 heteroatoms. The van der Waals surface area contributed by atoms with Gasteiger partial charge in [0.2, 0.25) is 5.17 Å². The fraction of sp³-hybridized carbons (Fsp3) is 0.379. The lowest BCUT2D eigenvalue weighted by atomic mass is 9.90. The van der Waals surface area contributed by atoms with E-state index >= 15 is 0 Å². The second kappa shape index (κ2) is 11.9. The maximum absolute atomic E-state index is 12.9. The molecule has 1 N–H and O–H groups in total. The van der Waals surface area contributed by atoms with Crippen LogP contribution in [0.2, 0.25) is 0 Å². The largest absolute Gasteiger partial charge is 0.490 e. The third kappa shape index (κ3) is 5.93. The van der Waals surface area contributed by atoms with Gasteiger partial charge in [-0.2, -0.15) is 15.1 Å². The summed E-state index contributed by atoms with van der Waals surface area (Å²) in [7, 11) is 0. The summed E-state index contributed by atoms with van der Waals surface area (Å²) in [5.74, 6) is 1.96. The molecule has 1 saturated carbocycles. The number of carbonyl (C=O) groups excluding carboxylic acids is 1. The lowest BCUT2D eigenvalue weighted by Crippen LogP contribution is -2.35. The van der Waals surface area contributed by atoms with Gasteiger partial charge in [-0.25, -0.2) is 0 Å². The smallest absolute Gasteiger partial charge is 0.283 e. The normalized spacial score (nSPS) is 18.8.